The average Bonchev–Trinajstić information content (AvgIpc) is 3.03. The van der Waals surface area contributed by atoms with E-state index in [1.54, 1.807) is 36.4 Å². The van der Waals surface area contributed by atoms with Gasteiger partial charge in [0.15, 0.2) is 12.0 Å². The van der Waals surface area contributed by atoms with Gasteiger partial charge in [0.2, 0.25) is 0 Å². The Balaban J connectivity index is 1.84. The molecule has 0 bridgehead atoms. The molecule has 0 aliphatic carbocycles. The van der Waals surface area contributed by atoms with Crippen LogP contribution in [0.5, 0.6) is 17.2 Å². The van der Waals surface area contributed by atoms with Crippen molar-refractivity contribution in [2.75, 3.05) is 13.2 Å². The van der Waals surface area contributed by atoms with E-state index < -0.39 is 5.97 Å². The fourth-order valence-corrected chi connectivity index (χ4v) is 2.26. The molecule has 1 aromatic heterocycles. The third-order valence-corrected chi connectivity index (χ3v) is 3.25. The van der Waals surface area contributed by atoms with Gasteiger partial charge in [0.05, 0.1) is 18.8 Å². The Morgan fingerprint density at radius 1 is 1.00 bits per heavy atom. The molecule has 0 saturated heterocycles. The van der Waals surface area contributed by atoms with Gasteiger partial charge in [-0.1, -0.05) is 0 Å². The molecule has 0 radical (unpaired) electrons. The summed E-state index contributed by atoms with van der Waals surface area (Å²) in [6.45, 7) is 4.73. The Bertz CT molecular complexity index is 831. The van der Waals surface area contributed by atoms with Crippen LogP contribution < -0.4 is 14.2 Å². The van der Waals surface area contributed by atoms with Gasteiger partial charge >= 0.3 is 5.97 Å². The number of carbonyl (C=O) groups is 1. The van der Waals surface area contributed by atoms with Gasteiger partial charge in [-0.15, -0.1) is 0 Å². The Labute approximate surface area is 139 Å². The number of rotatable bonds is 6. The highest BCUT2D eigenvalue weighted by Crippen LogP contribution is 2.25. The van der Waals surface area contributed by atoms with Gasteiger partial charge in [-0.05, 0) is 38.1 Å². The number of oxazole rings is 1. The second-order valence-electron chi connectivity index (χ2n) is 4.93. The Kier molecular flexibility index (Phi) is 4.65. The van der Waals surface area contributed by atoms with E-state index in [1.807, 2.05) is 13.8 Å². The topological polar surface area (TPSA) is 70.8 Å². The second kappa shape index (κ2) is 7.04. The van der Waals surface area contributed by atoms with Crippen molar-refractivity contribution in [3.05, 3.63) is 48.4 Å². The van der Waals surface area contributed by atoms with Gasteiger partial charge < -0.3 is 18.6 Å². The lowest BCUT2D eigenvalue weighted by atomic mass is 10.2. The Morgan fingerprint density at radius 3 is 2.38 bits per heavy atom. The SMILES string of the molecule is CCOc1cc(OCC)cc(C(=O)Oc2ccc3ocnc3c2)c1. The van der Waals surface area contributed by atoms with Gasteiger partial charge in [0, 0.05) is 12.1 Å². The van der Waals surface area contributed by atoms with E-state index >= 15 is 0 Å². The van der Waals surface area contributed by atoms with Crippen LogP contribution in [0.25, 0.3) is 11.1 Å². The minimum absolute atomic E-state index is 0.352. The molecule has 0 amide bonds. The zero-order valence-corrected chi connectivity index (χ0v) is 13.4. The maximum atomic E-state index is 12.4. The van der Waals surface area contributed by atoms with E-state index in [0.717, 1.165) is 0 Å². The molecule has 1 heterocycles. The highest BCUT2D eigenvalue weighted by Gasteiger charge is 2.13. The van der Waals surface area contributed by atoms with Crippen LogP contribution in [0, 0.1) is 0 Å². The highest BCUT2D eigenvalue weighted by atomic mass is 16.5. The third-order valence-electron chi connectivity index (χ3n) is 3.25. The van der Waals surface area contributed by atoms with E-state index in [0.29, 0.717) is 47.1 Å². The average molecular weight is 327 g/mol. The first-order valence-electron chi connectivity index (χ1n) is 7.65. The van der Waals surface area contributed by atoms with Crippen molar-refractivity contribution in [2.24, 2.45) is 0 Å². The number of fused-ring (bicyclic) bond motifs is 1. The number of nitrogens with zero attached hydrogens (tertiary/aromatic N) is 1. The highest BCUT2D eigenvalue weighted by molar-refractivity contribution is 5.92. The first-order valence-corrected chi connectivity index (χ1v) is 7.65. The van der Waals surface area contributed by atoms with Gasteiger partial charge in [0.25, 0.3) is 0 Å². The lowest BCUT2D eigenvalue weighted by Gasteiger charge is -2.10. The number of carbonyl (C=O) groups excluding carboxylic acids is 1. The molecule has 0 unspecified atom stereocenters. The minimum Gasteiger partial charge on any atom is -0.494 e. The molecule has 0 atom stereocenters. The molecule has 3 rings (SSSR count). The van der Waals surface area contributed by atoms with Gasteiger partial charge in [-0.25, -0.2) is 9.78 Å². The summed E-state index contributed by atoms with van der Waals surface area (Å²) >= 11 is 0. The Morgan fingerprint density at radius 2 is 1.71 bits per heavy atom. The van der Waals surface area contributed by atoms with Crippen LogP contribution >= 0.6 is 0 Å². The maximum Gasteiger partial charge on any atom is 0.343 e. The zero-order chi connectivity index (χ0) is 16.9. The van der Waals surface area contributed by atoms with E-state index in [1.165, 1.54) is 6.39 Å². The van der Waals surface area contributed by atoms with Crippen molar-refractivity contribution in [3.63, 3.8) is 0 Å². The lowest BCUT2D eigenvalue weighted by molar-refractivity contribution is 0.0734. The van der Waals surface area contributed by atoms with E-state index in [2.05, 4.69) is 4.98 Å². The van der Waals surface area contributed by atoms with Crippen molar-refractivity contribution in [2.45, 2.75) is 13.8 Å². The molecule has 124 valence electrons. The van der Waals surface area contributed by atoms with Crippen LogP contribution in [-0.4, -0.2) is 24.2 Å². The molecule has 0 N–H and O–H groups in total. The molecule has 0 aliphatic heterocycles. The molecule has 0 aliphatic rings. The minimum atomic E-state index is -0.500. The van der Waals surface area contributed by atoms with E-state index in [4.69, 9.17) is 18.6 Å². The molecule has 0 spiro atoms. The van der Waals surface area contributed by atoms with Crippen molar-refractivity contribution in [3.8, 4) is 17.2 Å². The molecule has 6 heteroatoms. The number of aromatic nitrogens is 1. The van der Waals surface area contributed by atoms with Crippen LogP contribution in [0.15, 0.2) is 47.2 Å². The summed E-state index contributed by atoms with van der Waals surface area (Å²) in [6, 6.07) is 10.00. The Hall–Kier alpha value is -3.02. The third kappa shape index (κ3) is 3.48. The summed E-state index contributed by atoms with van der Waals surface area (Å²) in [4.78, 5) is 16.5. The summed E-state index contributed by atoms with van der Waals surface area (Å²) in [7, 11) is 0. The van der Waals surface area contributed by atoms with Gasteiger partial charge in [0.1, 0.15) is 22.8 Å². The predicted octanol–water partition coefficient (Wildman–Crippen LogP) is 3.84. The molecule has 24 heavy (non-hydrogen) atoms. The summed E-state index contributed by atoms with van der Waals surface area (Å²) < 4.78 is 21.5. The molecule has 2 aromatic carbocycles. The van der Waals surface area contributed by atoms with Crippen LogP contribution in [0.1, 0.15) is 24.2 Å². The predicted molar refractivity (Wildman–Crippen MR) is 87.7 cm³/mol. The van der Waals surface area contributed by atoms with Crippen molar-refractivity contribution >= 4 is 17.1 Å². The monoisotopic (exact) mass is 327 g/mol. The maximum absolute atomic E-state index is 12.4. The van der Waals surface area contributed by atoms with Gasteiger partial charge in [-0.3, -0.25) is 0 Å². The molecular weight excluding hydrogens is 310 g/mol. The number of esters is 1. The largest absolute Gasteiger partial charge is 0.494 e. The van der Waals surface area contributed by atoms with Gasteiger partial charge in [-0.2, -0.15) is 0 Å². The summed E-state index contributed by atoms with van der Waals surface area (Å²) in [5, 5.41) is 0. The number of hydrogen-bond donors (Lipinski definition) is 0. The second-order valence-corrected chi connectivity index (χ2v) is 4.93. The molecular formula is C18H17NO5. The molecule has 0 saturated carbocycles. The lowest BCUT2D eigenvalue weighted by Crippen LogP contribution is -2.09. The van der Waals surface area contributed by atoms with Crippen LogP contribution in [0.4, 0.5) is 0 Å². The quantitative estimate of drug-likeness (QED) is 0.506. The van der Waals surface area contributed by atoms with Crippen molar-refractivity contribution in [1.29, 1.82) is 0 Å². The molecule has 3 aromatic rings. The number of hydrogen-bond acceptors (Lipinski definition) is 6. The van der Waals surface area contributed by atoms with Crippen molar-refractivity contribution in [1.82, 2.24) is 4.98 Å². The summed E-state index contributed by atoms with van der Waals surface area (Å²) in [5.74, 6) is 1.01. The fraction of sp³-hybridized carbons (Fsp3) is 0.222. The number of ether oxygens (including phenoxy) is 3. The zero-order valence-electron chi connectivity index (χ0n) is 13.4. The molecule has 0 fully saturated rings. The molecule has 6 nitrogen and oxygen atoms in total. The summed E-state index contributed by atoms with van der Waals surface area (Å²) in [6.07, 6.45) is 1.34. The van der Waals surface area contributed by atoms with E-state index in [9.17, 15) is 4.79 Å². The number of benzene rings is 2. The summed E-state index contributed by atoms with van der Waals surface area (Å²) in [5.41, 5.74) is 1.61. The first-order chi connectivity index (χ1) is 11.7. The van der Waals surface area contributed by atoms with Crippen molar-refractivity contribution < 1.29 is 23.4 Å². The smallest absolute Gasteiger partial charge is 0.343 e. The fourth-order valence-electron chi connectivity index (χ4n) is 2.26. The van der Waals surface area contributed by atoms with E-state index in [-0.39, 0.29) is 0 Å². The first kappa shape index (κ1) is 15.9. The van der Waals surface area contributed by atoms with Crippen LogP contribution in [0.3, 0.4) is 0 Å². The van der Waals surface area contributed by atoms with Crippen LogP contribution in [-0.2, 0) is 0 Å². The standard InChI is InChI=1S/C18H17NO5/c1-3-21-14-7-12(8-15(9-14)22-4-2)18(20)24-13-5-6-17-16(10-13)19-11-23-17/h5-11H,3-4H2,1-2H3. The van der Waals surface area contributed by atoms with Crippen LogP contribution in [0.2, 0.25) is 0 Å². The normalized spacial score (nSPS) is 10.6.